The fourth-order valence-corrected chi connectivity index (χ4v) is 11.1. The van der Waals surface area contributed by atoms with Gasteiger partial charge < -0.3 is 43.8 Å². The van der Waals surface area contributed by atoms with Crippen molar-refractivity contribution >= 4 is 56.9 Å². The normalized spacial score (nSPS) is 17.8. The molecule has 0 spiro atoms. The van der Waals surface area contributed by atoms with Gasteiger partial charge in [-0.05, 0) is 80.6 Å². The highest BCUT2D eigenvalue weighted by molar-refractivity contribution is 7.80. The molecule has 0 aliphatic carbocycles. The Bertz CT molecular complexity index is 3270. The number of carbonyl (C=O) groups is 3. The van der Waals surface area contributed by atoms with Crippen LogP contribution in [0.5, 0.6) is 5.75 Å². The van der Waals surface area contributed by atoms with Crippen LogP contribution < -0.4 is 14.5 Å². The lowest BCUT2D eigenvalue weighted by atomic mass is 9.99. The number of fused-ring (bicyclic) bond motifs is 1. The summed E-state index contributed by atoms with van der Waals surface area (Å²) in [6, 6.07) is 18.8. The van der Waals surface area contributed by atoms with Gasteiger partial charge in [-0.2, -0.15) is 4.41 Å². The van der Waals surface area contributed by atoms with E-state index >= 15 is 8.78 Å². The number of H-pyrrole nitrogens is 1. The van der Waals surface area contributed by atoms with Crippen LogP contribution in [0.1, 0.15) is 76.8 Å². The summed E-state index contributed by atoms with van der Waals surface area (Å²) in [7, 11) is 0. The lowest BCUT2D eigenvalue weighted by Gasteiger charge is -2.29. The fourth-order valence-electron chi connectivity index (χ4n) is 9.62. The van der Waals surface area contributed by atoms with Gasteiger partial charge in [0.05, 0.1) is 79.1 Å². The molecule has 0 bridgehead atoms. The Kier molecular flexibility index (Phi) is 18.6. The smallest absolute Gasteiger partial charge is 0.277 e. The van der Waals surface area contributed by atoms with Gasteiger partial charge in [-0.1, -0.05) is 41.6 Å². The Balaban J connectivity index is 0.691. The van der Waals surface area contributed by atoms with Crippen molar-refractivity contribution in [2.75, 3.05) is 70.3 Å². The Morgan fingerprint density at radius 1 is 0.924 bits per heavy atom. The minimum Gasteiger partial charge on any atom is -0.491 e. The molecule has 0 saturated carbocycles. The molecule has 2 aliphatic rings. The van der Waals surface area contributed by atoms with E-state index in [4.69, 9.17) is 23.5 Å². The zero-order chi connectivity index (χ0) is 55.7. The highest BCUT2D eigenvalue weighted by Crippen LogP contribution is 2.35. The van der Waals surface area contributed by atoms with Crippen molar-refractivity contribution in [2.24, 2.45) is 0 Å². The van der Waals surface area contributed by atoms with Crippen LogP contribution in [0.15, 0.2) is 95.2 Å². The molecule has 2 amide bonds. The van der Waals surface area contributed by atoms with Crippen LogP contribution in [-0.4, -0.2) is 146 Å². The minimum absolute atomic E-state index is 0.00335. The molecule has 3 aromatic carbocycles. The van der Waals surface area contributed by atoms with Crippen molar-refractivity contribution in [2.45, 2.75) is 70.3 Å². The summed E-state index contributed by atoms with van der Waals surface area (Å²) in [5.41, 5.74) is 5.29. The summed E-state index contributed by atoms with van der Waals surface area (Å²) in [6.07, 6.45) is 1.06. The number of β-amino-alcohol motifs (C(OH)–C–C–N with tert-alkyl or cyclic N) is 1. The average molecular weight is 1130 g/mol. The van der Waals surface area contributed by atoms with Gasteiger partial charge in [0, 0.05) is 61.1 Å². The van der Waals surface area contributed by atoms with Crippen LogP contribution in [0.25, 0.3) is 32.6 Å². The van der Waals surface area contributed by atoms with Crippen molar-refractivity contribution in [1.82, 2.24) is 35.3 Å². The molecule has 4 N–H and O–H groups in total. The fraction of sp³-hybridized carbons (Fsp3) is 0.382. The Morgan fingerprint density at radius 2 is 1.63 bits per heavy atom. The van der Waals surface area contributed by atoms with Gasteiger partial charge in [-0.3, -0.25) is 18.9 Å². The number of anilines is 1. The van der Waals surface area contributed by atoms with Gasteiger partial charge in [0.1, 0.15) is 53.4 Å². The topological polar surface area (TPSA) is 235 Å². The van der Waals surface area contributed by atoms with E-state index < -0.39 is 64.2 Å². The third-order valence-corrected chi connectivity index (χ3v) is 15.4. The number of halogens is 3. The highest BCUT2D eigenvalue weighted by Gasteiger charge is 2.43. The number of nitrogens with zero attached hydrogens (tertiary/aromatic N) is 6. The van der Waals surface area contributed by atoms with Crippen LogP contribution in [0.2, 0.25) is 0 Å². The molecule has 418 valence electrons. The van der Waals surface area contributed by atoms with Crippen LogP contribution >= 0.6 is 11.3 Å². The molecule has 6 atom stereocenters. The average Bonchev–Trinajstić information content (AvgIpc) is 4.34. The number of benzene rings is 3. The number of aromatic amines is 1. The largest absolute Gasteiger partial charge is 0.491 e. The summed E-state index contributed by atoms with van der Waals surface area (Å²) in [4.78, 5) is 55.8. The maximum absolute atomic E-state index is 16.0. The van der Waals surface area contributed by atoms with Gasteiger partial charge in [-0.25, -0.2) is 32.4 Å². The molecular weight excluding hydrogens is 1070 g/mol. The first kappa shape index (κ1) is 56.8. The zero-order valence-electron chi connectivity index (χ0n) is 43.4. The van der Waals surface area contributed by atoms with Gasteiger partial charge >= 0.3 is 0 Å². The number of aliphatic hydroxyl groups excluding tert-OH is 1. The summed E-state index contributed by atoms with van der Waals surface area (Å²) in [6.45, 7) is 7.13. The second-order valence-electron chi connectivity index (χ2n) is 19.1. The van der Waals surface area contributed by atoms with E-state index in [9.17, 15) is 32.6 Å². The van der Waals surface area contributed by atoms with Crippen LogP contribution in [-0.2, 0) is 35.1 Å². The molecule has 2 saturated heterocycles. The Morgan fingerprint density at radius 3 is 2.29 bits per heavy atom. The number of pyridine rings is 1. The van der Waals surface area contributed by atoms with Gasteiger partial charge in [-0.15, -0.1) is 11.3 Å². The van der Waals surface area contributed by atoms with E-state index in [2.05, 4.69) is 25.4 Å². The molecule has 2 aliphatic heterocycles. The van der Waals surface area contributed by atoms with E-state index in [1.54, 1.807) is 60.9 Å². The second-order valence-corrected chi connectivity index (χ2v) is 20.8. The number of carbonyl (C=O) groups excluding carboxylic acids is 3. The third kappa shape index (κ3) is 13.4. The first-order valence-corrected chi connectivity index (χ1v) is 27.6. The number of likely N-dealkylation sites (tertiary alicyclic amines) is 1. The van der Waals surface area contributed by atoms with Crippen molar-refractivity contribution in [3.05, 3.63) is 136 Å². The SMILES string of the molecule is Cc1cc([C@H](CCOCCOCCOCCOc2ccc(-c3cnc4[nH]cc(C(=O)c5c(F)ccc(N(N6CC[C@@H](F)C6)S(=O)O)c5F)c4c3)cc2)C(=O)N2C[C@H](O)C[C@H]2C(=O)N[C@@H](C)c2ccc(-c3scnc3C)cc2)on1. The summed E-state index contributed by atoms with van der Waals surface area (Å²) < 4.78 is 96.7. The number of ketones is 1. The Labute approximate surface area is 459 Å². The van der Waals surface area contributed by atoms with E-state index in [1.165, 1.54) is 11.1 Å². The number of thiazole rings is 1. The van der Waals surface area contributed by atoms with Crippen molar-refractivity contribution in [3.63, 3.8) is 0 Å². The van der Waals surface area contributed by atoms with E-state index in [0.29, 0.717) is 46.0 Å². The molecule has 24 heteroatoms. The second kappa shape index (κ2) is 25.9. The van der Waals surface area contributed by atoms with E-state index in [-0.39, 0.29) is 106 Å². The molecule has 1 unspecified atom stereocenters. The summed E-state index contributed by atoms with van der Waals surface area (Å²) in [5.74, 6) is -4.22. The van der Waals surface area contributed by atoms with Crippen molar-refractivity contribution < 1.29 is 64.9 Å². The molecule has 9 rings (SSSR count). The number of amides is 2. The number of hydrogen-bond donors (Lipinski definition) is 4. The number of aromatic nitrogens is 4. The van der Waals surface area contributed by atoms with Gasteiger partial charge in [0.2, 0.25) is 17.6 Å². The lowest BCUT2D eigenvalue weighted by molar-refractivity contribution is -0.140. The minimum atomic E-state index is -2.84. The lowest BCUT2D eigenvalue weighted by Crippen LogP contribution is -2.48. The number of alkyl halides is 1. The zero-order valence-corrected chi connectivity index (χ0v) is 45.1. The predicted octanol–water partition coefficient (Wildman–Crippen LogP) is 7.81. The van der Waals surface area contributed by atoms with Crippen LogP contribution in [0.3, 0.4) is 0 Å². The molecule has 2 fully saturated rings. The van der Waals surface area contributed by atoms with Gasteiger partial charge in [0.25, 0.3) is 11.3 Å². The molecule has 4 aromatic heterocycles. The van der Waals surface area contributed by atoms with Crippen molar-refractivity contribution in [3.8, 4) is 27.3 Å². The first-order valence-electron chi connectivity index (χ1n) is 25.6. The highest BCUT2D eigenvalue weighted by atomic mass is 32.2. The number of nitrogens with one attached hydrogen (secondary N) is 2. The van der Waals surface area contributed by atoms with Crippen LogP contribution in [0, 0.1) is 25.5 Å². The number of hydrazine groups is 1. The number of aryl methyl sites for hydroxylation is 2. The first-order chi connectivity index (χ1) is 38.1. The van der Waals surface area contributed by atoms with E-state index in [1.807, 2.05) is 43.6 Å². The molecule has 0 radical (unpaired) electrons. The number of aliphatic hydroxyl groups is 1. The van der Waals surface area contributed by atoms with E-state index in [0.717, 1.165) is 38.8 Å². The molecule has 7 aromatic rings. The quantitative estimate of drug-likeness (QED) is 0.0243. The maximum Gasteiger partial charge on any atom is 0.277 e. The molecule has 19 nitrogen and oxygen atoms in total. The Hall–Kier alpha value is -6.90. The third-order valence-electron chi connectivity index (χ3n) is 13.7. The number of hydrogen-bond acceptors (Lipinski definition) is 15. The van der Waals surface area contributed by atoms with Crippen molar-refractivity contribution in [1.29, 1.82) is 0 Å². The molecular formula is C55H59F3N8O11S2. The standard InChI is InChI=1S/C55H59F3N8O11S2/c1-32-24-48(77-63-32)42(55(70)65-30-40(67)26-47(65)54(69)62-33(2)35-4-6-37(7-5-35)52-34(3)61-31-78-52)15-17-73-18-19-74-20-21-75-22-23-76-41-10-8-36(9-11-41)38-25-43-44(28-60-53(43)59-27-38)51(68)49-45(57)12-13-46(50(49)58)66(79(71)72)64-16-14-39(56)29-64/h4-13,24-25,27-28,31,33,39-40,42,47,67H,14-23,26,29-30H2,1-3H3,(H,59,60)(H,62,69)(H,71,72)/t33-,39+,40+,42-,47-/m0/s1. The van der Waals surface area contributed by atoms with Gasteiger partial charge in [0.15, 0.2) is 5.82 Å². The summed E-state index contributed by atoms with van der Waals surface area (Å²) >= 11 is -1.28. The number of ether oxygens (including phenoxy) is 4. The summed E-state index contributed by atoms with van der Waals surface area (Å²) in [5, 5.41) is 19.1. The molecule has 79 heavy (non-hydrogen) atoms. The maximum atomic E-state index is 16.0. The number of rotatable bonds is 25. The molecule has 6 heterocycles. The monoisotopic (exact) mass is 1130 g/mol. The predicted molar refractivity (Wildman–Crippen MR) is 287 cm³/mol. The van der Waals surface area contributed by atoms with Crippen LogP contribution in [0.4, 0.5) is 18.9 Å².